The molecule has 3 N–H and O–H groups in total. The Hall–Kier alpha value is -0.900. The van der Waals surface area contributed by atoms with Crippen molar-refractivity contribution in [2.75, 3.05) is 6.54 Å². The lowest BCUT2D eigenvalue weighted by Crippen LogP contribution is -2.45. The standard InChI is InChI=1S/C12H17NO2/c14-11-6-10(7-11)13-8-12(15)9-4-2-1-3-5-9/h1-5,10-15H,6-8H2. The van der Waals surface area contributed by atoms with Crippen LogP contribution in [0.4, 0.5) is 0 Å². The van der Waals surface area contributed by atoms with E-state index in [0.29, 0.717) is 12.6 Å². The fourth-order valence-corrected chi connectivity index (χ4v) is 1.83. The summed E-state index contributed by atoms with van der Waals surface area (Å²) in [5, 5.41) is 22.2. The van der Waals surface area contributed by atoms with Gasteiger partial charge in [0.1, 0.15) is 0 Å². The average Bonchev–Trinajstić information content (AvgIpc) is 2.23. The molecule has 1 aromatic carbocycles. The zero-order chi connectivity index (χ0) is 10.7. The van der Waals surface area contributed by atoms with Crippen molar-refractivity contribution in [3.63, 3.8) is 0 Å². The fourth-order valence-electron chi connectivity index (χ4n) is 1.83. The fraction of sp³-hybridized carbons (Fsp3) is 0.500. The molecule has 1 saturated carbocycles. The summed E-state index contributed by atoms with van der Waals surface area (Å²) < 4.78 is 0. The average molecular weight is 207 g/mol. The van der Waals surface area contributed by atoms with Crippen molar-refractivity contribution < 1.29 is 10.2 Å². The molecule has 15 heavy (non-hydrogen) atoms. The lowest BCUT2D eigenvalue weighted by Gasteiger charge is -2.32. The molecular weight excluding hydrogens is 190 g/mol. The van der Waals surface area contributed by atoms with Crippen LogP contribution in [0.15, 0.2) is 30.3 Å². The highest BCUT2D eigenvalue weighted by atomic mass is 16.3. The summed E-state index contributed by atoms with van der Waals surface area (Å²) in [6.45, 7) is 0.557. The summed E-state index contributed by atoms with van der Waals surface area (Å²) >= 11 is 0. The second-order valence-corrected chi connectivity index (χ2v) is 4.16. The van der Waals surface area contributed by atoms with Gasteiger partial charge in [0.25, 0.3) is 0 Å². The van der Waals surface area contributed by atoms with Crippen LogP contribution in [0, 0.1) is 0 Å². The largest absolute Gasteiger partial charge is 0.393 e. The molecule has 1 aromatic rings. The molecule has 3 heteroatoms. The molecule has 1 atom stereocenters. The molecule has 0 heterocycles. The topological polar surface area (TPSA) is 52.5 Å². The molecular formula is C12H17NO2. The van der Waals surface area contributed by atoms with Crippen LogP contribution in [0.1, 0.15) is 24.5 Å². The molecule has 0 aromatic heterocycles. The minimum absolute atomic E-state index is 0.142. The number of nitrogens with one attached hydrogen (secondary N) is 1. The number of hydrogen-bond acceptors (Lipinski definition) is 3. The molecule has 1 unspecified atom stereocenters. The summed E-state index contributed by atoms with van der Waals surface area (Å²) in [5.74, 6) is 0. The van der Waals surface area contributed by atoms with Crippen LogP contribution in [-0.4, -0.2) is 28.9 Å². The van der Waals surface area contributed by atoms with E-state index in [1.54, 1.807) is 0 Å². The number of hydrogen-bond donors (Lipinski definition) is 3. The maximum atomic E-state index is 9.83. The molecule has 1 fully saturated rings. The van der Waals surface area contributed by atoms with Crippen molar-refractivity contribution in [1.82, 2.24) is 5.32 Å². The predicted octanol–water partition coefficient (Wildman–Crippen LogP) is 0.833. The van der Waals surface area contributed by atoms with Gasteiger partial charge in [0.15, 0.2) is 0 Å². The van der Waals surface area contributed by atoms with Crippen molar-refractivity contribution in [2.24, 2.45) is 0 Å². The summed E-state index contributed by atoms with van der Waals surface area (Å²) in [4.78, 5) is 0. The van der Waals surface area contributed by atoms with E-state index in [4.69, 9.17) is 5.11 Å². The monoisotopic (exact) mass is 207 g/mol. The van der Waals surface area contributed by atoms with E-state index in [1.165, 1.54) is 0 Å². The van der Waals surface area contributed by atoms with Gasteiger partial charge in [-0.1, -0.05) is 30.3 Å². The normalized spacial score (nSPS) is 27.1. The van der Waals surface area contributed by atoms with Gasteiger partial charge in [-0.05, 0) is 18.4 Å². The Labute approximate surface area is 89.8 Å². The van der Waals surface area contributed by atoms with Crippen molar-refractivity contribution in [2.45, 2.75) is 31.1 Å². The molecule has 1 aliphatic rings. The summed E-state index contributed by atoms with van der Waals surface area (Å²) in [5.41, 5.74) is 0.935. The van der Waals surface area contributed by atoms with E-state index in [0.717, 1.165) is 18.4 Å². The molecule has 3 nitrogen and oxygen atoms in total. The lowest BCUT2D eigenvalue weighted by molar-refractivity contribution is 0.0551. The summed E-state index contributed by atoms with van der Waals surface area (Å²) in [6, 6.07) is 9.99. The molecule has 2 rings (SSSR count). The van der Waals surface area contributed by atoms with Crippen LogP contribution in [-0.2, 0) is 0 Å². The zero-order valence-electron chi connectivity index (χ0n) is 8.63. The quantitative estimate of drug-likeness (QED) is 0.685. The predicted molar refractivity (Wildman–Crippen MR) is 58.4 cm³/mol. The molecule has 0 saturated heterocycles. The number of aliphatic hydroxyl groups is 2. The van der Waals surface area contributed by atoms with Crippen molar-refractivity contribution in [3.05, 3.63) is 35.9 Å². The Morgan fingerprint density at radius 2 is 1.93 bits per heavy atom. The van der Waals surface area contributed by atoms with Gasteiger partial charge < -0.3 is 15.5 Å². The highest BCUT2D eigenvalue weighted by Gasteiger charge is 2.26. The van der Waals surface area contributed by atoms with E-state index >= 15 is 0 Å². The first kappa shape index (κ1) is 10.6. The first-order valence-corrected chi connectivity index (χ1v) is 5.40. The van der Waals surface area contributed by atoms with Crippen molar-refractivity contribution >= 4 is 0 Å². The van der Waals surface area contributed by atoms with Crippen LogP contribution in [0.5, 0.6) is 0 Å². The van der Waals surface area contributed by atoms with Gasteiger partial charge in [0, 0.05) is 12.6 Å². The smallest absolute Gasteiger partial charge is 0.0914 e. The van der Waals surface area contributed by atoms with Gasteiger partial charge in [-0.3, -0.25) is 0 Å². The van der Waals surface area contributed by atoms with Crippen molar-refractivity contribution in [1.29, 1.82) is 0 Å². The zero-order valence-corrected chi connectivity index (χ0v) is 8.63. The van der Waals surface area contributed by atoms with E-state index in [2.05, 4.69) is 5.32 Å². The Morgan fingerprint density at radius 1 is 1.27 bits per heavy atom. The first-order valence-electron chi connectivity index (χ1n) is 5.40. The van der Waals surface area contributed by atoms with Gasteiger partial charge in [0.05, 0.1) is 12.2 Å². The molecule has 0 bridgehead atoms. The third-order valence-corrected chi connectivity index (χ3v) is 2.90. The third kappa shape index (κ3) is 2.78. The maximum absolute atomic E-state index is 9.83. The van der Waals surface area contributed by atoms with Crippen LogP contribution < -0.4 is 5.32 Å². The van der Waals surface area contributed by atoms with Gasteiger partial charge in [-0.2, -0.15) is 0 Å². The first-order chi connectivity index (χ1) is 7.25. The highest BCUT2D eigenvalue weighted by Crippen LogP contribution is 2.20. The Kier molecular flexibility index (Phi) is 3.36. The Morgan fingerprint density at radius 3 is 2.53 bits per heavy atom. The van der Waals surface area contributed by atoms with Gasteiger partial charge >= 0.3 is 0 Å². The number of benzene rings is 1. The molecule has 1 aliphatic carbocycles. The molecule has 0 aliphatic heterocycles. The molecule has 0 radical (unpaired) electrons. The second kappa shape index (κ2) is 4.75. The molecule has 82 valence electrons. The van der Waals surface area contributed by atoms with Gasteiger partial charge in [-0.15, -0.1) is 0 Å². The number of aliphatic hydroxyl groups excluding tert-OH is 2. The van der Waals surface area contributed by atoms with Crippen LogP contribution >= 0.6 is 0 Å². The van der Waals surface area contributed by atoms with E-state index in [1.807, 2.05) is 30.3 Å². The summed E-state index contributed by atoms with van der Waals surface area (Å²) in [6.07, 6.45) is 1.02. The summed E-state index contributed by atoms with van der Waals surface area (Å²) in [7, 11) is 0. The number of rotatable bonds is 4. The van der Waals surface area contributed by atoms with Crippen LogP contribution in [0.3, 0.4) is 0 Å². The minimum Gasteiger partial charge on any atom is -0.393 e. The maximum Gasteiger partial charge on any atom is 0.0914 e. The SMILES string of the molecule is OC1CC(NCC(O)c2ccccc2)C1. The van der Waals surface area contributed by atoms with E-state index in [-0.39, 0.29) is 6.10 Å². The van der Waals surface area contributed by atoms with Crippen LogP contribution in [0.2, 0.25) is 0 Å². The van der Waals surface area contributed by atoms with E-state index in [9.17, 15) is 5.11 Å². The Balaban J connectivity index is 1.75. The molecule has 0 amide bonds. The highest BCUT2D eigenvalue weighted by molar-refractivity contribution is 5.17. The lowest BCUT2D eigenvalue weighted by atomic mass is 9.89. The van der Waals surface area contributed by atoms with E-state index < -0.39 is 6.10 Å². The minimum atomic E-state index is -0.455. The van der Waals surface area contributed by atoms with Gasteiger partial charge in [0.2, 0.25) is 0 Å². The Bertz CT molecular complexity index is 296. The van der Waals surface area contributed by atoms with Crippen LogP contribution in [0.25, 0.3) is 0 Å². The van der Waals surface area contributed by atoms with Gasteiger partial charge in [-0.25, -0.2) is 0 Å². The second-order valence-electron chi connectivity index (χ2n) is 4.16. The third-order valence-electron chi connectivity index (χ3n) is 2.90. The van der Waals surface area contributed by atoms with Crippen molar-refractivity contribution in [3.8, 4) is 0 Å². The molecule has 0 spiro atoms.